The first kappa shape index (κ1) is 14.0. The van der Waals surface area contributed by atoms with Gasteiger partial charge in [0.05, 0.1) is 10.7 Å². The average molecular weight is 295 g/mol. The van der Waals surface area contributed by atoms with Gasteiger partial charge in [-0.25, -0.2) is 9.97 Å². The molecule has 1 heterocycles. The van der Waals surface area contributed by atoms with E-state index in [9.17, 15) is 0 Å². The van der Waals surface area contributed by atoms with Crippen molar-refractivity contribution in [1.29, 1.82) is 0 Å². The SMILES string of the molecule is CCNc1cc(Nc2ccccc2Cl)nc(SC)n1. The van der Waals surface area contributed by atoms with E-state index in [-0.39, 0.29) is 0 Å². The van der Waals surface area contributed by atoms with E-state index >= 15 is 0 Å². The number of aromatic nitrogens is 2. The second-order valence-corrected chi connectivity index (χ2v) is 4.94. The van der Waals surface area contributed by atoms with E-state index in [4.69, 9.17) is 11.6 Å². The molecule has 19 heavy (non-hydrogen) atoms. The van der Waals surface area contributed by atoms with Crippen LogP contribution in [0.3, 0.4) is 0 Å². The van der Waals surface area contributed by atoms with Gasteiger partial charge >= 0.3 is 0 Å². The van der Waals surface area contributed by atoms with Gasteiger partial charge in [-0.05, 0) is 25.3 Å². The van der Waals surface area contributed by atoms with Crippen LogP contribution in [0, 0.1) is 0 Å². The number of nitrogens with zero attached hydrogens (tertiary/aromatic N) is 2. The molecule has 2 rings (SSSR count). The number of anilines is 3. The van der Waals surface area contributed by atoms with Crippen LogP contribution in [0.2, 0.25) is 5.02 Å². The Kier molecular flexibility index (Phi) is 4.87. The first-order chi connectivity index (χ1) is 9.22. The van der Waals surface area contributed by atoms with Crippen molar-refractivity contribution in [3.8, 4) is 0 Å². The molecule has 2 N–H and O–H groups in total. The molecule has 0 atom stereocenters. The summed E-state index contributed by atoms with van der Waals surface area (Å²) in [5.41, 5.74) is 0.831. The van der Waals surface area contributed by atoms with Crippen molar-refractivity contribution < 1.29 is 0 Å². The lowest BCUT2D eigenvalue weighted by atomic mass is 10.3. The lowest BCUT2D eigenvalue weighted by Gasteiger charge is -2.10. The van der Waals surface area contributed by atoms with Crippen LogP contribution < -0.4 is 10.6 Å². The predicted molar refractivity (Wildman–Crippen MR) is 82.7 cm³/mol. The van der Waals surface area contributed by atoms with E-state index in [2.05, 4.69) is 20.6 Å². The first-order valence-electron chi connectivity index (χ1n) is 5.91. The van der Waals surface area contributed by atoms with Crippen molar-refractivity contribution in [1.82, 2.24) is 9.97 Å². The Labute approximate surface area is 122 Å². The van der Waals surface area contributed by atoms with Crippen LogP contribution in [0.5, 0.6) is 0 Å². The molecule has 1 aromatic heterocycles. The summed E-state index contributed by atoms with van der Waals surface area (Å²) in [5.74, 6) is 1.53. The van der Waals surface area contributed by atoms with E-state index in [0.29, 0.717) is 10.2 Å². The quantitative estimate of drug-likeness (QED) is 0.644. The van der Waals surface area contributed by atoms with E-state index in [0.717, 1.165) is 23.9 Å². The topological polar surface area (TPSA) is 49.8 Å². The van der Waals surface area contributed by atoms with E-state index in [1.807, 2.05) is 43.5 Å². The number of para-hydroxylation sites is 1. The third-order valence-corrected chi connectivity index (χ3v) is 3.26. The average Bonchev–Trinajstić information content (AvgIpc) is 2.41. The summed E-state index contributed by atoms with van der Waals surface area (Å²) in [5, 5.41) is 7.77. The summed E-state index contributed by atoms with van der Waals surface area (Å²) in [7, 11) is 0. The Bertz CT molecular complexity index is 562. The minimum atomic E-state index is 0.664. The van der Waals surface area contributed by atoms with Crippen molar-refractivity contribution in [2.24, 2.45) is 0 Å². The van der Waals surface area contributed by atoms with E-state index in [1.165, 1.54) is 11.8 Å². The Morgan fingerprint density at radius 2 is 1.95 bits per heavy atom. The van der Waals surface area contributed by atoms with Crippen LogP contribution in [0.1, 0.15) is 6.92 Å². The van der Waals surface area contributed by atoms with Crippen molar-refractivity contribution in [2.45, 2.75) is 12.1 Å². The smallest absolute Gasteiger partial charge is 0.191 e. The van der Waals surface area contributed by atoms with Gasteiger partial charge in [0.25, 0.3) is 0 Å². The monoisotopic (exact) mass is 294 g/mol. The van der Waals surface area contributed by atoms with Crippen LogP contribution >= 0.6 is 23.4 Å². The lowest BCUT2D eigenvalue weighted by molar-refractivity contribution is 0.967. The number of benzene rings is 1. The van der Waals surface area contributed by atoms with Gasteiger partial charge < -0.3 is 10.6 Å². The van der Waals surface area contributed by atoms with Crippen LogP contribution in [0.4, 0.5) is 17.3 Å². The molecule has 0 bridgehead atoms. The zero-order valence-electron chi connectivity index (χ0n) is 10.8. The molecule has 0 saturated heterocycles. The molecule has 2 aromatic rings. The number of nitrogens with one attached hydrogen (secondary N) is 2. The maximum atomic E-state index is 6.12. The Morgan fingerprint density at radius 3 is 2.63 bits per heavy atom. The summed E-state index contributed by atoms with van der Waals surface area (Å²) >= 11 is 7.62. The van der Waals surface area contributed by atoms with Gasteiger partial charge in [-0.3, -0.25) is 0 Å². The summed E-state index contributed by atoms with van der Waals surface area (Å²) in [4.78, 5) is 8.79. The maximum absolute atomic E-state index is 6.12. The van der Waals surface area contributed by atoms with Gasteiger partial charge in [0.15, 0.2) is 5.16 Å². The third-order valence-electron chi connectivity index (χ3n) is 2.38. The summed E-state index contributed by atoms with van der Waals surface area (Å²) in [6, 6.07) is 9.44. The molecular formula is C13H15ClN4S. The normalized spacial score (nSPS) is 10.3. The largest absolute Gasteiger partial charge is 0.370 e. The highest BCUT2D eigenvalue weighted by atomic mass is 35.5. The second kappa shape index (κ2) is 6.63. The fraction of sp³-hybridized carbons (Fsp3) is 0.231. The fourth-order valence-electron chi connectivity index (χ4n) is 1.55. The number of hydrogen-bond acceptors (Lipinski definition) is 5. The molecule has 0 aliphatic heterocycles. The zero-order chi connectivity index (χ0) is 13.7. The highest BCUT2D eigenvalue weighted by Crippen LogP contribution is 2.25. The van der Waals surface area contributed by atoms with Crippen molar-refractivity contribution in [3.05, 3.63) is 35.4 Å². The van der Waals surface area contributed by atoms with Crippen molar-refractivity contribution in [2.75, 3.05) is 23.4 Å². The molecule has 0 saturated carbocycles. The molecule has 100 valence electrons. The van der Waals surface area contributed by atoms with Gasteiger partial charge in [-0.2, -0.15) is 0 Å². The molecule has 4 nitrogen and oxygen atoms in total. The minimum Gasteiger partial charge on any atom is -0.370 e. The summed E-state index contributed by atoms with van der Waals surface area (Å²) in [6.07, 6.45) is 1.95. The van der Waals surface area contributed by atoms with Gasteiger partial charge in [-0.1, -0.05) is 35.5 Å². The predicted octanol–water partition coefficient (Wildman–Crippen LogP) is 4.03. The maximum Gasteiger partial charge on any atom is 0.191 e. The highest BCUT2D eigenvalue weighted by Gasteiger charge is 2.05. The second-order valence-electron chi connectivity index (χ2n) is 3.76. The van der Waals surface area contributed by atoms with Gasteiger partial charge in [0, 0.05) is 12.6 Å². The van der Waals surface area contributed by atoms with Gasteiger partial charge in [0.2, 0.25) is 0 Å². The van der Waals surface area contributed by atoms with Crippen LogP contribution in [0.25, 0.3) is 0 Å². The lowest BCUT2D eigenvalue weighted by Crippen LogP contribution is -2.03. The Morgan fingerprint density at radius 1 is 1.21 bits per heavy atom. The van der Waals surface area contributed by atoms with Crippen LogP contribution in [-0.4, -0.2) is 22.8 Å². The molecule has 0 radical (unpaired) electrons. The number of rotatable bonds is 5. The Hall–Kier alpha value is -1.46. The van der Waals surface area contributed by atoms with Gasteiger partial charge in [-0.15, -0.1) is 0 Å². The first-order valence-corrected chi connectivity index (χ1v) is 7.51. The molecule has 1 aromatic carbocycles. The van der Waals surface area contributed by atoms with Gasteiger partial charge in [0.1, 0.15) is 11.6 Å². The van der Waals surface area contributed by atoms with E-state index in [1.54, 1.807) is 0 Å². The van der Waals surface area contributed by atoms with Crippen molar-refractivity contribution in [3.63, 3.8) is 0 Å². The molecule has 0 unspecified atom stereocenters. The molecule has 0 aliphatic rings. The fourth-order valence-corrected chi connectivity index (χ4v) is 2.11. The molecule has 0 aliphatic carbocycles. The van der Waals surface area contributed by atoms with Crippen LogP contribution in [0.15, 0.2) is 35.5 Å². The Balaban J connectivity index is 2.29. The zero-order valence-corrected chi connectivity index (χ0v) is 12.3. The minimum absolute atomic E-state index is 0.664. The number of halogens is 1. The molecule has 0 fully saturated rings. The standard InChI is InChI=1S/C13H15ClN4S/c1-3-15-11-8-12(18-13(17-11)19-2)16-10-7-5-4-6-9(10)14/h4-8H,3H2,1-2H3,(H2,15,16,17,18). The molecule has 0 amide bonds. The summed E-state index contributed by atoms with van der Waals surface area (Å²) < 4.78 is 0. The van der Waals surface area contributed by atoms with Crippen LogP contribution in [-0.2, 0) is 0 Å². The third kappa shape index (κ3) is 3.75. The molecular weight excluding hydrogens is 280 g/mol. The molecule has 6 heteroatoms. The number of thioether (sulfide) groups is 1. The summed E-state index contributed by atoms with van der Waals surface area (Å²) in [6.45, 7) is 2.85. The van der Waals surface area contributed by atoms with E-state index < -0.39 is 0 Å². The molecule has 0 spiro atoms. The highest BCUT2D eigenvalue weighted by molar-refractivity contribution is 7.98. The van der Waals surface area contributed by atoms with Crippen molar-refractivity contribution >= 4 is 40.7 Å². The number of hydrogen-bond donors (Lipinski definition) is 2.